The highest BCUT2D eigenvalue weighted by Gasteiger charge is 2.30. The van der Waals surface area contributed by atoms with Gasteiger partial charge in [0.1, 0.15) is 0 Å². The summed E-state index contributed by atoms with van der Waals surface area (Å²) in [7, 11) is -2.93. The summed E-state index contributed by atoms with van der Waals surface area (Å²) >= 11 is 0. The van der Waals surface area contributed by atoms with Crippen molar-refractivity contribution in [1.82, 2.24) is 0 Å². The fourth-order valence-electron chi connectivity index (χ4n) is 1.17. The van der Waals surface area contributed by atoms with E-state index in [-0.39, 0.29) is 0 Å². The first-order valence-corrected chi connectivity index (χ1v) is 4.83. The molecule has 0 bridgehead atoms. The lowest BCUT2D eigenvalue weighted by molar-refractivity contribution is 0.604. The van der Waals surface area contributed by atoms with E-state index in [4.69, 9.17) is 0 Å². The van der Waals surface area contributed by atoms with Gasteiger partial charge in [-0.2, -0.15) is 0 Å². The molecule has 0 saturated heterocycles. The second-order valence-corrected chi connectivity index (χ2v) is 4.41. The van der Waals surface area contributed by atoms with Gasteiger partial charge in [-0.05, 0) is 0 Å². The minimum atomic E-state index is -2.93. The Kier molecular flexibility index (Phi) is 0.843. The SMILES string of the molecule is CS(=O)(=O)c1c2cccc1-2. The van der Waals surface area contributed by atoms with Crippen molar-refractivity contribution in [2.75, 3.05) is 6.26 Å². The zero-order valence-corrected chi connectivity index (χ0v) is 6.27. The Morgan fingerprint density at radius 2 is 1.70 bits per heavy atom. The molecule has 0 heterocycles. The van der Waals surface area contributed by atoms with Gasteiger partial charge in [0.25, 0.3) is 0 Å². The van der Waals surface area contributed by atoms with Crippen LogP contribution >= 0.6 is 0 Å². The van der Waals surface area contributed by atoms with Gasteiger partial charge in [0.15, 0.2) is 9.84 Å². The summed E-state index contributed by atoms with van der Waals surface area (Å²) in [6, 6.07) is 5.51. The molecular formula is C7H6O2S. The van der Waals surface area contributed by atoms with Gasteiger partial charge in [-0.3, -0.25) is 0 Å². The quantitative estimate of drug-likeness (QED) is 0.615. The third kappa shape index (κ3) is 0.609. The highest BCUT2D eigenvalue weighted by atomic mass is 32.2. The number of hydrogen-bond acceptors (Lipinski definition) is 2. The minimum Gasteiger partial charge on any atom is -0.224 e. The lowest BCUT2D eigenvalue weighted by Gasteiger charge is -1.80. The van der Waals surface area contributed by atoms with Crippen molar-refractivity contribution >= 4 is 9.84 Å². The third-order valence-electron chi connectivity index (χ3n) is 1.61. The summed E-state index contributed by atoms with van der Waals surface area (Å²) in [5, 5.41) is 0. The third-order valence-corrected chi connectivity index (χ3v) is 2.79. The van der Waals surface area contributed by atoms with E-state index in [9.17, 15) is 8.42 Å². The molecule has 0 radical (unpaired) electrons. The second kappa shape index (κ2) is 1.42. The van der Waals surface area contributed by atoms with Gasteiger partial charge in [-0.25, -0.2) is 8.42 Å². The van der Waals surface area contributed by atoms with Gasteiger partial charge in [-0.1, -0.05) is 18.2 Å². The molecule has 0 aromatic carbocycles. The van der Waals surface area contributed by atoms with Crippen molar-refractivity contribution in [3.05, 3.63) is 18.2 Å². The molecule has 2 aliphatic rings. The Morgan fingerprint density at radius 1 is 1.20 bits per heavy atom. The molecule has 0 fully saturated rings. The van der Waals surface area contributed by atoms with Crippen LogP contribution in [0.3, 0.4) is 0 Å². The fraction of sp³-hybridized carbons (Fsp3) is 0.143. The molecule has 10 heavy (non-hydrogen) atoms. The summed E-state index contributed by atoms with van der Waals surface area (Å²) in [4.78, 5) is 0.537. The first-order chi connectivity index (χ1) is 4.61. The van der Waals surface area contributed by atoms with Crippen LogP contribution in [0.5, 0.6) is 0 Å². The van der Waals surface area contributed by atoms with E-state index < -0.39 is 9.84 Å². The molecule has 0 N–H and O–H groups in total. The van der Waals surface area contributed by atoms with E-state index in [2.05, 4.69) is 0 Å². The highest BCUT2D eigenvalue weighted by Crippen LogP contribution is 2.46. The van der Waals surface area contributed by atoms with Crippen LogP contribution in [-0.4, -0.2) is 14.7 Å². The zero-order valence-electron chi connectivity index (χ0n) is 5.46. The molecule has 0 aromatic heterocycles. The molecule has 52 valence electrons. The second-order valence-electron chi connectivity index (χ2n) is 2.45. The van der Waals surface area contributed by atoms with Crippen LogP contribution in [0.15, 0.2) is 23.1 Å². The van der Waals surface area contributed by atoms with Crippen LogP contribution in [0.1, 0.15) is 0 Å². The van der Waals surface area contributed by atoms with Crippen LogP contribution < -0.4 is 0 Å². The normalized spacial score (nSPS) is 13.3. The van der Waals surface area contributed by atoms with E-state index in [1.807, 2.05) is 18.2 Å². The smallest absolute Gasteiger partial charge is 0.176 e. The molecule has 2 rings (SSSR count). The molecule has 2 nitrogen and oxygen atoms in total. The predicted molar refractivity (Wildman–Crippen MR) is 38.5 cm³/mol. The van der Waals surface area contributed by atoms with Gasteiger partial charge in [0, 0.05) is 17.4 Å². The Labute approximate surface area is 59.4 Å². The molecule has 0 unspecified atom stereocenters. The fourth-order valence-corrected chi connectivity index (χ4v) is 2.27. The maximum Gasteiger partial charge on any atom is 0.176 e. The number of fused-ring (bicyclic) bond motifs is 1. The van der Waals surface area contributed by atoms with Crippen molar-refractivity contribution in [2.45, 2.75) is 4.90 Å². The monoisotopic (exact) mass is 154 g/mol. The molecule has 0 atom stereocenters. The van der Waals surface area contributed by atoms with E-state index >= 15 is 0 Å². The van der Waals surface area contributed by atoms with Crippen molar-refractivity contribution in [3.8, 4) is 11.1 Å². The first kappa shape index (κ1) is 5.92. The van der Waals surface area contributed by atoms with Crippen LogP contribution in [0, 0.1) is 0 Å². The average molecular weight is 154 g/mol. The number of hydrogen-bond donors (Lipinski definition) is 0. The average Bonchev–Trinajstić information content (AvgIpc) is 2.30. The minimum absolute atomic E-state index is 0.537. The van der Waals surface area contributed by atoms with Crippen molar-refractivity contribution in [3.63, 3.8) is 0 Å². The predicted octanol–water partition coefficient (Wildman–Crippen LogP) is 1.07. The Hall–Kier alpha value is -0.830. The Morgan fingerprint density at radius 3 is 2.00 bits per heavy atom. The van der Waals surface area contributed by atoms with Crippen LogP contribution in [0.4, 0.5) is 0 Å². The van der Waals surface area contributed by atoms with Crippen LogP contribution in [-0.2, 0) is 9.84 Å². The zero-order chi connectivity index (χ0) is 7.35. The Bertz CT molecular complexity index is 370. The summed E-state index contributed by atoms with van der Waals surface area (Å²) in [6.07, 6.45) is 1.24. The summed E-state index contributed by atoms with van der Waals surface area (Å²) < 4.78 is 21.7. The molecule has 0 saturated carbocycles. The number of rotatable bonds is 1. The maximum atomic E-state index is 10.9. The highest BCUT2D eigenvalue weighted by molar-refractivity contribution is 7.91. The maximum absolute atomic E-state index is 10.9. The molecule has 0 aliphatic heterocycles. The van der Waals surface area contributed by atoms with Crippen molar-refractivity contribution in [2.24, 2.45) is 0 Å². The van der Waals surface area contributed by atoms with E-state index in [0.29, 0.717) is 4.90 Å². The molecular weight excluding hydrogens is 148 g/mol. The molecule has 0 spiro atoms. The summed E-state index contributed by atoms with van der Waals surface area (Å²) in [6.45, 7) is 0. The number of sulfone groups is 1. The summed E-state index contributed by atoms with van der Waals surface area (Å²) in [5.41, 5.74) is 1.81. The van der Waals surface area contributed by atoms with Gasteiger partial charge in [0.2, 0.25) is 0 Å². The molecule has 0 aromatic rings. The van der Waals surface area contributed by atoms with Gasteiger partial charge >= 0.3 is 0 Å². The van der Waals surface area contributed by atoms with Crippen LogP contribution in [0.2, 0.25) is 0 Å². The van der Waals surface area contributed by atoms with E-state index in [1.54, 1.807) is 0 Å². The van der Waals surface area contributed by atoms with Crippen molar-refractivity contribution in [1.29, 1.82) is 0 Å². The van der Waals surface area contributed by atoms with Gasteiger partial charge < -0.3 is 0 Å². The van der Waals surface area contributed by atoms with Crippen LogP contribution in [0.25, 0.3) is 11.1 Å². The lowest BCUT2D eigenvalue weighted by atomic mass is 10.6. The summed E-state index contributed by atoms with van der Waals surface area (Å²) in [5.74, 6) is 0. The van der Waals surface area contributed by atoms with Gasteiger partial charge in [-0.15, -0.1) is 0 Å². The molecule has 2 aliphatic carbocycles. The number of benzene rings is 1. The topological polar surface area (TPSA) is 34.1 Å². The van der Waals surface area contributed by atoms with Crippen molar-refractivity contribution < 1.29 is 8.42 Å². The molecule has 3 heteroatoms. The lowest BCUT2D eigenvalue weighted by Crippen LogP contribution is -1.88. The largest absolute Gasteiger partial charge is 0.224 e. The van der Waals surface area contributed by atoms with Gasteiger partial charge in [0.05, 0.1) is 4.90 Å². The molecule has 0 amide bonds. The standard InChI is InChI=1S/C7H6O2S/c1-10(8,9)7-5-3-2-4-6(5)7/h2-4H,1H3. The van der Waals surface area contributed by atoms with E-state index in [1.165, 1.54) is 6.26 Å². The Balaban J connectivity index is 2.65. The first-order valence-electron chi connectivity index (χ1n) is 2.94. The van der Waals surface area contributed by atoms with E-state index in [0.717, 1.165) is 11.1 Å².